The van der Waals surface area contributed by atoms with Crippen LogP contribution in [0.4, 0.5) is 0 Å². The van der Waals surface area contributed by atoms with E-state index in [4.69, 9.17) is 4.74 Å². The van der Waals surface area contributed by atoms with Crippen molar-refractivity contribution in [1.82, 2.24) is 15.1 Å². The normalized spacial score (nSPS) is 17.5. The van der Waals surface area contributed by atoms with Crippen molar-refractivity contribution in [3.63, 3.8) is 0 Å². The second-order valence-electron chi connectivity index (χ2n) is 6.18. The highest BCUT2D eigenvalue weighted by molar-refractivity contribution is 5.33. The summed E-state index contributed by atoms with van der Waals surface area (Å²) < 4.78 is 7.49. The van der Waals surface area contributed by atoms with Crippen LogP contribution >= 0.6 is 0 Å². The molecule has 4 nitrogen and oxygen atoms in total. The number of hydrogen-bond donors (Lipinski definition) is 1. The van der Waals surface area contributed by atoms with Gasteiger partial charge >= 0.3 is 0 Å². The molecule has 3 rings (SSSR count). The van der Waals surface area contributed by atoms with Gasteiger partial charge in [-0.25, -0.2) is 4.68 Å². The lowest BCUT2D eigenvalue weighted by atomic mass is 10.1. The smallest absolute Gasteiger partial charge is 0.0648 e. The third-order valence-corrected chi connectivity index (χ3v) is 4.16. The van der Waals surface area contributed by atoms with Crippen molar-refractivity contribution >= 4 is 0 Å². The molecule has 1 atom stereocenters. The zero-order valence-electron chi connectivity index (χ0n) is 13.5. The molecule has 1 fully saturated rings. The van der Waals surface area contributed by atoms with E-state index >= 15 is 0 Å². The van der Waals surface area contributed by atoms with E-state index in [0.717, 1.165) is 43.9 Å². The summed E-state index contributed by atoms with van der Waals surface area (Å²) in [6.07, 6.45) is 3.20. The van der Waals surface area contributed by atoms with E-state index in [1.165, 1.54) is 5.69 Å². The Labute approximate surface area is 132 Å². The number of rotatable bonds is 5. The van der Waals surface area contributed by atoms with Gasteiger partial charge in [0, 0.05) is 37.4 Å². The fourth-order valence-electron chi connectivity index (χ4n) is 3.13. The first-order valence-electron chi connectivity index (χ1n) is 8.17. The van der Waals surface area contributed by atoms with Crippen LogP contribution in [0.3, 0.4) is 0 Å². The van der Waals surface area contributed by atoms with Crippen molar-refractivity contribution in [3.05, 3.63) is 47.8 Å². The van der Waals surface area contributed by atoms with Crippen LogP contribution in [0.1, 0.15) is 31.2 Å². The fraction of sp³-hybridized carbons (Fsp3) is 0.500. The van der Waals surface area contributed by atoms with E-state index in [1.54, 1.807) is 0 Å². The molecule has 0 radical (unpaired) electrons. The van der Waals surface area contributed by atoms with Gasteiger partial charge in [0.05, 0.1) is 11.4 Å². The first-order valence-corrected chi connectivity index (χ1v) is 8.17. The van der Waals surface area contributed by atoms with Gasteiger partial charge in [0.15, 0.2) is 0 Å². The standard InChI is InChI=1S/C18H25N3O/c1-14(19-16-8-10-22-11-9-16)12-18-13-15(2)20-21(18)17-6-4-3-5-7-17/h3-7,13-14,16,19H,8-12H2,1-2H3. The molecular formula is C18H25N3O. The maximum Gasteiger partial charge on any atom is 0.0648 e. The molecule has 4 heteroatoms. The molecule has 2 aromatic rings. The van der Waals surface area contributed by atoms with Crippen molar-refractivity contribution in [2.45, 2.75) is 45.2 Å². The predicted octanol–water partition coefficient (Wildman–Crippen LogP) is 2.88. The number of aryl methyl sites for hydroxylation is 1. The SMILES string of the molecule is Cc1cc(CC(C)NC2CCOCC2)n(-c2ccccc2)n1. The Balaban J connectivity index is 1.69. The third kappa shape index (κ3) is 3.76. The first kappa shape index (κ1) is 15.3. The summed E-state index contributed by atoms with van der Waals surface area (Å²) in [4.78, 5) is 0. The number of hydrogen-bond acceptors (Lipinski definition) is 3. The van der Waals surface area contributed by atoms with Crippen LogP contribution in [0.25, 0.3) is 5.69 Å². The van der Waals surface area contributed by atoms with E-state index < -0.39 is 0 Å². The number of para-hydroxylation sites is 1. The zero-order valence-corrected chi connectivity index (χ0v) is 13.5. The molecule has 0 saturated carbocycles. The van der Waals surface area contributed by atoms with E-state index in [-0.39, 0.29) is 0 Å². The van der Waals surface area contributed by atoms with Crippen LogP contribution < -0.4 is 5.32 Å². The maximum atomic E-state index is 5.43. The lowest BCUT2D eigenvalue weighted by Crippen LogP contribution is -2.41. The summed E-state index contributed by atoms with van der Waals surface area (Å²) in [5.41, 5.74) is 3.46. The number of ether oxygens (including phenoxy) is 1. The lowest BCUT2D eigenvalue weighted by molar-refractivity contribution is 0.0754. The van der Waals surface area contributed by atoms with Gasteiger partial charge in [-0.15, -0.1) is 0 Å². The third-order valence-electron chi connectivity index (χ3n) is 4.16. The Morgan fingerprint density at radius 2 is 2.00 bits per heavy atom. The minimum atomic E-state index is 0.432. The van der Waals surface area contributed by atoms with Gasteiger partial charge in [-0.2, -0.15) is 5.10 Å². The van der Waals surface area contributed by atoms with E-state index in [1.807, 2.05) is 6.07 Å². The molecule has 1 aromatic carbocycles. The minimum Gasteiger partial charge on any atom is -0.381 e. The molecule has 1 aliphatic rings. The monoisotopic (exact) mass is 299 g/mol. The van der Waals surface area contributed by atoms with Gasteiger partial charge < -0.3 is 10.1 Å². The number of nitrogens with one attached hydrogen (secondary N) is 1. The maximum absolute atomic E-state index is 5.43. The van der Waals surface area contributed by atoms with Gasteiger partial charge in [-0.1, -0.05) is 18.2 Å². The average Bonchev–Trinajstić information content (AvgIpc) is 2.89. The molecule has 1 saturated heterocycles. The Kier molecular flexibility index (Phi) is 4.90. The van der Waals surface area contributed by atoms with E-state index in [2.05, 4.69) is 59.3 Å². The molecule has 1 aromatic heterocycles. The number of aromatic nitrogens is 2. The van der Waals surface area contributed by atoms with Crippen molar-refractivity contribution < 1.29 is 4.74 Å². The molecule has 1 aliphatic heterocycles. The van der Waals surface area contributed by atoms with Crippen LogP contribution in [0, 0.1) is 6.92 Å². The van der Waals surface area contributed by atoms with Crippen LogP contribution in [0.2, 0.25) is 0 Å². The lowest BCUT2D eigenvalue weighted by Gasteiger charge is -2.26. The van der Waals surface area contributed by atoms with Crippen molar-refractivity contribution in [2.75, 3.05) is 13.2 Å². The topological polar surface area (TPSA) is 39.1 Å². The zero-order chi connectivity index (χ0) is 15.4. The summed E-state index contributed by atoms with van der Waals surface area (Å²) in [7, 11) is 0. The highest BCUT2D eigenvalue weighted by Gasteiger charge is 2.17. The minimum absolute atomic E-state index is 0.432. The molecule has 22 heavy (non-hydrogen) atoms. The highest BCUT2D eigenvalue weighted by atomic mass is 16.5. The van der Waals surface area contributed by atoms with Gasteiger partial charge in [-0.3, -0.25) is 0 Å². The van der Waals surface area contributed by atoms with Gasteiger partial charge in [0.2, 0.25) is 0 Å². The average molecular weight is 299 g/mol. The fourth-order valence-corrected chi connectivity index (χ4v) is 3.13. The van der Waals surface area contributed by atoms with Crippen molar-refractivity contribution in [1.29, 1.82) is 0 Å². The quantitative estimate of drug-likeness (QED) is 0.922. The summed E-state index contributed by atoms with van der Waals surface area (Å²) in [6.45, 7) is 6.07. The number of benzene rings is 1. The molecule has 0 bridgehead atoms. The largest absolute Gasteiger partial charge is 0.381 e. The molecule has 1 N–H and O–H groups in total. The van der Waals surface area contributed by atoms with Crippen molar-refractivity contribution in [3.8, 4) is 5.69 Å². The van der Waals surface area contributed by atoms with Gasteiger partial charge in [0.25, 0.3) is 0 Å². The molecular weight excluding hydrogens is 274 g/mol. The molecule has 0 amide bonds. The number of nitrogens with zero attached hydrogens (tertiary/aromatic N) is 2. The van der Waals surface area contributed by atoms with Crippen LogP contribution in [0.5, 0.6) is 0 Å². The summed E-state index contributed by atoms with van der Waals surface area (Å²) >= 11 is 0. The van der Waals surface area contributed by atoms with Gasteiger partial charge in [0.1, 0.15) is 0 Å². The van der Waals surface area contributed by atoms with E-state index in [0.29, 0.717) is 12.1 Å². The second-order valence-corrected chi connectivity index (χ2v) is 6.18. The Morgan fingerprint density at radius 1 is 1.27 bits per heavy atom. The van der Waals surface area contributed by atoms with Crippen LogP contribution in [-0.4, -0.2) is 35.1 Å². The molecule has 118 valence electrons. The Bertz CT molecular complexity index is 588. The Hall–Kier alpha value is -1.65. The molecule has 1 unspecified atom stereocenters. The highest BCUT2D eigenvalue weighted by Crippen LogP contribution is 2.15. The predicted molar refractivity (Wildman–Crippen MR) is 88.4 cm³/mol. The van der Waals surface area contributed by atoms with Crippen LogP contribution in [-0.2, 0) is 11.2 Å². The van der Waals surface area contributed by atoms with E-state index in [9.17, 15) is 0 Å². The summed E-state index contributed by atoms with van der Waals surface area (Å²) in [5, 5.41) is 8.38. The molecule has 2 heterocycles. The summed E-state index contributed by atoms with van der Waals surface area (Å²) in [5.74, 6) is 0. The van der Waals surface area contributed by atoms with Crippen LogP contribution in [0.15, 0.2) is 36.4 Å². The molecule has 0 aliphatic carbocycles. The Morgan fingerprint density at radius 3 is 2.73 bits per heavy atom. The molecule has 0 spiro atoms. The summed E-state index contributed by atoms with van der Waals surface area (Å²) in [6, 6.07) is 13.6. The second kappa shape index (κ2) is 7.07. The van der Waals surface area contributed by atoms with Crippen molar-refractivity contribution in [2.24, 2.45) is 0 Å². The first-order chi connectivity index (χ1) is 10.7. The van der Waals surface area contributed by atoms with Gasteiger partial charge in [-0.05, 0) is 44.9 Å².